The van der Waals surface area contributed by atoms with Crippen LogP contribution in [0.5, 0.6) is 11.6 Å². The Kier molecular flexibility index (Phi) is 4.71. The molecular formula is C19H20N2O2. The minimum absolute atomic E-state index is 0.557. The molecule has 1 heterocycles. The van der Waals surface area contributed by atoms with Gasteiger partial charge in [-0.2, -0.15) is 5.10 Å². The molecule has 1 aromatic heterocycles. The molecule has 0 atom stereocenters. The summed E-state index contributed by atoms with van der Waals surface area (Å²) in [5, 5.41) is 10.4. The molecule has 118 valence electrons. The van der Waals surface area contributed by atoms with Gasteiger partial charge in [0.25, 0.3) is 0 Å². The topological polar surface area (TPSA) is 44.2 Å². The van der Waals surface area contributed by atoms with Crippen molar-refractivity contribution in [2.75, 3.05) is 13.2 Å². The standard InChI is InChI=1S/C19H20N2O2/c1-14-13-19(21-20-15(14)2)23-12-6-11-22-18-10-5-8-16-7-3-4-9-17(16)18/h3-5,7-10,13H,6,11-12H2,1-2H3. The van der Waals surface area contributed by atoms with E-state index in [1.807, 2.05) is 44.2 Å². The van der Waals surface area contributed by atoms with Gasteiger partial charge in [0.05, 0.1) is 18.9 Å². The summed E-state index contributed by atoms with van der Waals surface area (Å²) in [7, 11) is 0. The van der Waals surface area contributed by atoms with Crippen molar-refractivity contribution in [3.63, 3.8) is 0 Å². The van der Waals surface area contributed by atoms with Gasteiger partial charge in [-0.15, -0.1) is 5.10 Å². The second kappa shape index (κ2) is 7.09. The first-order valence-electron chi connectivity index (χ1n) is 7.78. The fourth-order valence-electron chi connectivity index (χ4n) is 2.33. The second-order valence-corrected chi connectivity index (χ2v) is 5.48. The summed E-state index contributed by atoms with van der Waals surface area (Å²) < 4.78 is 11.5. The lowest BCUT2D eigenvalue weighted by molar-refractivity contribution is 0.242. The molecular weight excluding hydrogens is 288 g/mol. The van der Waals surface area contributed by atoms with Crippen LogP contribution in [0.25, 0.3) is 10.8 Å². The number of aromatic nitrogens is 2. The molecule has 0 N–H and O–H groups in total. The van der Waals surface area contributed by atoms with Crippen LogP contribution in [0.3, 0.4) is 0 Å². The summed E-state index contributed by atoms with van der Waals surface area (Å²) in [4.78, 5) is 0. The Morgan fingerprint density at radius 3 is 2.52 bits per heavy atom. The molecule has 0 aliphatic carbocycles. The third-order valence-corrected chi connectivity index (χ3v) is 3.76. The Morgan fingerprint density at radius 2 is 1.65 bits per heavy atom. The van der Waals surface area contributed by atoms with E-state index >= 15 is 0 Å². The molecule has 4 heteroatoms. The van der Waals surface area contributed by atoms with Crippen LogP contribution in [0.2, 0.25) is 0 Å². The first-order valence-corrected chi connectivity index (χ1v) is 7.78. The molecule has 0 spiro atoms. The molecule has 0 saturated heterocycles. The van der Waals surface area contributed by atoms with Crippen molar-refractivity contribution in [3.05, 3.63) is 59.8 Å². The number of hydrogen-bond donors (Lipinski definition) is 0. The highest BCUT2D eigenvalue weighted by molar-refractivity contribution is 5.88. The quantitative estimate of drug-likeness (QED) is 0.643. The van der Waals surface area contributed by atoms with Gasteiger partial charge >= 0.3 is 0 Å². The van der Waals surface area contributed by atoms with Crippen molar-refractivity contribution < 1.29 is 9.47 Å². The van der Waals surface area contributed by atoms with E-state index in [0.717, 1.165) is 28.8 Å². The van der Waals surface area contributed by atoms with Crippen molar-refractivity contribution in [2.24, 2.45) is 0 Å². The molecule has 0 aliphatic heterocycles. The molecule has 4 nitrogen and oxygen atoms in total. The monoisotopic (exact) mass is 308 g/mol. The third-order valence-electron chi connectivity index (χ3n) is 3.76. The Balaban J connectivity index is 1.50. The average Bonchev–Trinajstić information content (AvgIpc) is 2.58. The normalized spacial score (nSPS) is 10.7. The Labute approximate surface area is 136 Å². The number of nitrogens with zero attached hydrogens (tertiary/aromatic N) is 2. The summed E-state index contributed by atoms with van der Waals surface area (Å²) in [6.07, 6.45) is 0.790. The molecule has 0 fully saturated rings. The Bertz CT molecular complexity index is 797. The van der Waals surface area contributed by atoms with Crippen LogP contribution in [-0.2, 0) is 0 Å². The van der Waals surface area contributed by atoms with Crippen LogP contribution in [0.15, 0.2) is 48.5 Å². The number of rotatable bonds is 6. The number of aryl methyl sites for hydroxylation is 2. The van der Waals surface area contributed by atoms with E-state index in [1.54, 1.807) is 0 Å². The van der Waals surface area contributed by atoms with Crippen molar-refractivity contribution in [2.45, 2.75) is 20.3 Å². The number of ether oxygens (including phenoxy) is 2. The van der Waals surface area contributed by atoms with Crippen molar-refractivity contribution in [1.29, 1.82) is 0 Å². The van der Waals surface area contributed by atoms with Gasteiger partial charge in [0.15, 0.2) is 0 Å². The first kappa shape index (κ1) is 15.3. The number of fused-ring (bicyclic) bond motifs is 1. The van der Waals surface area contributed by atoms with Gasteiger partial charge in [0, 0.05) is 17.9 Å². The molecule has 0 aliphatic rings. The lowest BCUT2D eigenvalue weighted by Gasteiger charge is -2.10. The van der Waals surface area contributed by atoms with Gasteiger partial charge in [-0.1, -0.05) is 36.4 Å². The maximum absolute atomic E-state index is 5.88. The highest BCUT2D eigenvalue weighted by Crippen LogP contribution is 2.25. The van der Waals surface area contributed by atoms with Crippen LogP contribution in [0.1, 0.15) is 17.7 Å². The van der Waals surface area contributed by atoms with E-state index in [0.29, 0.717) is 19.1 Å². The van der Waals surface area contributed by atoms with E-state index in [2.05, 4.69) is 28.4 Å². The molecule has 0 amide bonds. The zero-order valence-corrected chi connectivity index (χ0v) is 13.5. The predicted molar refractivity (Wildman–Crippen MR) is 91.1 cm³/mol. The largest absolute Gasteiger partial charge is 0.493 e. The van der Waals surface area contributed by atoms with Gasteiger partial charge in [-0.05, 0) is 30.9 Å². The van der Waals surface area contributed by atoms with Crippen LogP contribution in [-0.4, -0.2) is 23.4 Å². The maximum Gasteiger partial charge on any atom is 0.233 e. The summed E-state index contributed by atoms with van der Waals surface area (Å²) in [6, 6.07) is 16.2. The summed E-state index contributed by atoms with van der Waals surface area (Å²) >= 11 is 0. The third kappa shape index (κ3) is 3.77. The van der Waals surface area contributed by atoms with E-state index < -0.39 is 0 Å². The van der Waals surface area contributed by atoms with E-state index in [4.69, 9.17) is 9.47 Å². The lowest BCUT2D eigenvalue weighted by Crippen LogP contribution is -2.07. The highest BCUT2D eigenvalue weighted by Gasteiger charge is 2.02. The summed E-state index contributed by atoms with van der Waals surface area (Å²) in [5.74, 6) is 1.48. The van der Waals surface area contributed by atoms with Crippen LogP contribution < -0.4 is 9.47 Å². The molecule has 23 heavy (non-hydrogen) atoms. The van der Waals surface area contributed by atoms with E-state index in [1.165, 1.54) is 5.39 Å². The summed E-state index contributed by atoms with van der Waals surface area (Å²) in [5.41, 5.74) is 2.01. The highest BCUT2D eigenvalue weighted by atomic mass is 16.5. The van der Waals surface area contributed by atoms with Gasteiger partial charge in [-0.3, -0.25) is 0 Å². The van der Waals surface area contributed by atoms with Gasteiger partial charge in [0.1, 0.15) is 5.75 Å². The van der Waals surface area contributed by atoms with Crippen LogP contribution in [0, 0.1) is 13.8 Å². The van der Waals surface area contributed by atoms with Gasteiger partial charge < -0.3 is 9.47 Å². The van der Waals surface area contributed by atoms with Gasteiger partial charge in [-0.25, -0.2) is 0 Å². The predicted octanol–water partition coefficient (Wildman–Crippen LogP) is 4.09. The maximum atomic E-state index is 5.88. The molecule has 0 saturated carbocycles. The molecule has 0 bridgehead atoms. The summed E-state index contributed by atoms with van der Waals surface area (Å²) in [6.45, 7) is 5.10. The van der Waals surface area contributed by atoms with Crippen LogP contribution >= 0.6 is 0 Å². The zero-order chi connectivity index (χ0) is 16.1. The molecule has 3 rings (SSSR count). The Hall–Kier alpha value is -2.62. The fraction of sp³-hybridized carbons (Fsp3) is 0.263. The fourth-order valence-corrected chi connectivity index (χ4v) is 2.33. The van der Waals surface area contributed by atoms with Crippen molar-refractivity contribution in [3.8, 4) is 11.6 Å². The Morgan fingerprint density at radius 1 is 0.870 bits per heavy atom. The second-order valence-electron chi connectivity index (χ2n) is 5.48. The lowest BCUT2D eigenvalue weighted by atomic mass is 10.1. The number of benzene rings is 2. The van der Waals surface area contributed by atoms with Crippen molar-refractivity contribution in [1.82, 2.24) is 10.2 Å². The zero-order valence-electron chi connectivity index (χ0n) is 13.5. The van der Waals surface area contributed by atoms with Crippen molar-refractivity contribution >= 4 is 10.8 Å². The molecule has 3 aromatic rings. The smallest absolute Gasteiger partial charge is 0.233 e. The average molecular weight is 308 g/mol. The molecule has 0 radical (unpaired) electrons. The van der Waals surface area contributed by atoms with Crippen LogP contribution in [0.4, 0.5) is 0 Å². The first-order chi connectivity index (χ1) is 11.2. The van der Waals surface area contributed by atoms with E-state index in [-0.39, 0.29) is 0 Å². The van der Waals surface area contributed by atoms with E-state index in [9.17, 15) is 0 Å². The van der Waals surface area contributed by atoms with Gasteiger partial charge in [0.2, 0.25) is 5.88 Å². The molecule has 0 unspecified atom stereocenters. The molecule has 2 aromatic carbocycles. The minimum Gasteiger partial charge on any atom is -0.493 e. The number of hydrogen-bond acceptors (Lipinski definition) is 4. The SMILES string of the molecule is Cc1cc(OCCCOc2cccc3ccccc23)nnc1C. The minimum atomic E-state index is 0.557.